The molecule has 0 unspecified atom stereocenters. The Balaban J connectivity index is 1.99. The van der Waals surface area contributed by atoms with Gasteiger partial charge in [-0.05, 0) is 6.07 Å². The molecule has 1 nitrogen and oxygen atoms in total. The van der Waals surface area contributed by atoms with Gasteiger partial charge in [-0.2, -0.15) is 4.57 Å². The predicted octanol–water partition coefficient (Wildman–Crippen LogP) is 4.33. The first-order valence-electron chi connectivity index (χ1n) is 6.30. The molecule has 0 spiro atoms. The van der Waals surface area contributed by atoms with Crippen molar-refractivity contribution in [3.05, 3.63) is 73.1 Å². The molecule has 0 aliphatic carbocycles. The van der Waals surface area contributed by atoms with Crippen LogP contribution in [0.1, 0.15) is 0 Å². The third-order valence-electron chi connectivity index (χ3n) is 3.38. The second-order valence-electron chi connectivity index (χ2n) is 4.56. The number of fused-ring (bicyclic) bond motifs is 3. The number of rotatable bonds is 1. The average molecular weight is 262 g/mol. The number of hydrogen-bond donors (Lipinski definition) is 0. The maximum Gasteiger partial charge on any atom is 0.210 e. The Morgan fingerprint density at radius 3 is 2.32 bits per heavy atom. The third-order valence-corrected chi connectivity index (χ3v) is 4.50. The lowest BCUT2D eigenvalue weighted by molar-refractivity contribution is -0.594. The van der Waals surface area contributed by atoms with Crippen LogP contribution in [-0.4, -0.2) is 0 Å². The summed E-state index contributed by atoms with van der Waals surface area (Å²) >= 11 is 1.85. The van der Waals surface area contributed by atoms with Crippen LogP contribution in [0.15, 0.2) is 73.1 Å². The molecule has 2 aromatic heterocycles. The molecule has 0 saturated carbocycles. The quantitative estimate of drug-likeness (QED) is 0.449. The Labute approximate surface area is 115 Å². The number of pyridine rings is 1. The minimum Gasteiger partial charge on any atom is -0.166 e. The number of benzene rings is 2. The maximum atomic E-state index is 2.22. The molecule has 0 radical (unpaired) electrons. The number of aromatic nitrogens is 1. The maximum absolute atomic E-state index is 2.22. The van der Waals surface area contributed by atoms with E-state index in [1.165, 1.54) is 25.9 Å². The Hall–Kier alpha value is -2.19. The van der Waals surface area contributed by atoms with Crippen molar-refractivity contribution < 1.29 is 4.57 Å². The van der Waals surface area contributed by atoms with Gasteiger partial charge < -0.3 is 0 Å². The summed E-state index contributed by atoms with van der Waals surface area (Å²) in [6.07, 6.45) is 4.35. The molecule has 0 aliphatic rings. The van der Waals surface area contributed by atoms with E-state index in [2.05, 4.69) is 71.6 Å². The summed E-state index contributed by atoms with van der Waals surface area (Å²) in [6.45, 7) is 0. The van der Waals surface area contributed by atoms with E-state index in [1.54, 1.807) is 0 Å². The lowest BCUT2D eigenvalue weighted by Crippen LogP contribution is -2.28. The Bertz CT molecular complexity index is 862. The molecule has 0 amide bonds. The van der Waals surface area contributed by atoms with E-state index in [9.17, 15) is 0 Å². The highest BCUT2D eigenvalue weighted by atomic mass is 32.1. The van der Waals surface area contributed by atoms with E-state index in [0.717, 1.165) is 0 Å². The zero-order valence-electron chi connectivity index (χ0n) is 10.3. The van der Waals surface area contributed by atoms with Crippen molar-refractivity contribution >= 4 is 31.5 Å². The van der Waals surface area contributed by atoms with Crippen molar-refractivity contribution in [2.24, 2.45) is 0 Å². The smallest absolute Gasteiger partial charge is 0.166 e. The summed E-state index contributed by atoms with van der Waals surface area (Å²) in [5.41, 5.74) is 1.20. The fourth-order valence-corrected chi connectivity index (χ4v) is 3.56. The van der Waals surface area contributed by atoms with E-state index < -0.39 is 0 Å². The van der Waals surface area contributed by atoms with Gasteiger partial charge in [0.05, 0.1) is 4.70 Å². The zero-order valence-corrected chi connectivity index (χ0v) is 11.1. The normalized spacial score (nSPS) is 11.2. The van der Waals surface area contributed by atoms with Crippen LogP contribution in [0.3, 0.4) is 0 Å². The van der Waals surface area contributed by atoms with Gasteiger partial charge in [0.15, 0.2) is 12.4 Å². The van der Waals surface area contributed by atoms with E-state index >= 15 is 0 Å². The standard InChI is InChI=1S/C17H12NS/c1-2-6-13(7-3-1)18-11-10-15-14-8-4-5-9-16(14)19-17(15)12-18/h1-12H/q+1. The van der Waals surface area contributed by atoms with Crippen LogP contribution >= 0.6 is 11.3 Å². The monoisotopic (exact) mass is 262 g/mol. The van der Waals surface area contributed by atoms with Gasteiger partial charge >= 0.3 is 0 Å². The molecule has 0 aliphatic heterocycles. The highest BCUT2D eigenvalue weighted by Gasteiger charge is 2.10. The van der Waals surface area contributed by atoms with Crippen LogP contribution in [0, 0.1) is 0 Å². The highest BCUT2D eigenvalue weighted by Crippen LogP contribution is 2.32. The molecule has 2 heteroatoms. The van der Waals surface area contributed by atoms with Gasteiger partial charge in [-0.15, -0.1) is 11.3 Å². The Kier molecular flexibility index (Phi) is 2.35. The van der Waals surface area contributed by atoms with E-state index in [4.69, 9.17) is 0 Å². The molecule has 0 bridgehead atoms. The van der Waals surface area contributed by atoms with Gasteiger partial charge in [0, 0.05) is 33.7 Å². The molecule has 0 fully saturated rings. The summed E-state index contributed by atoms with van der Waals surface area (Å²) < 4.78 is 4.86. The second-order valence-corrected chi connectivity index (χ2v) is 5.65. The molecule has 90 valence electrons. The highest BCUT2D eigenvalue weighted by molar-refractivity contribution is 7.25. The number of nitrogens with zero attached hydrogens (tertiary/aromatic N) is 1. The lowest BCUT2D eigenvalue weighted by atomic mass is 10.2. The summed E-state index contributed by atoms with van der Waals surface area (Å²) in [7, 11) is 0. The first-order valence-corrected chi connectivity index (χ1v) is 7.11. The van der Waals surface area contributed by atoms with Crippen molar-refractivity contribution in [2.45, 2.75) is 0 Å². The molecular weight excluding hydrogens is 250 g/mol. The van der Waals surface area contributed by atoms with Crippen LogP contribution in [0.2, 0.25) is 0 Å². The van der Waals surface area contributed by atoms with Crippen molar-refractivity contribution in [1.82, 2.24) is 0 Å². The van der Waals surface area contributed by atoms with Crippen molar-refractivity contribution in [3.63, 3.8) is 0 Å². The van der Waals surface area contributed by atoms with Crippen LogP contribution in [-0.2, 0) is 0 Å². The predicted molar refractivity (Wildman–Crippen MR) is 80.9 cm³/mol. The minimum atomic E-state index is 1.20. The molecule has 0 N–H and O–H groups in total. The van der Waals surface area contributed by atoms with E-state index in [0.29, 0.717) is 0 Å². The van der Waals surface area contributed by atoms with Crippen LogP contribution in [0.4, 0.5) is 0 Å². The molecule has 19 heavy (non-hydrogen) atoms. The van der Waals surface area contributed by atoms with E-state index in [-0.39, 0.29) is 0 Å². The number of para-hydroxylation sites is 1. The SMILES string of the molecule is c1ccc(-[n+]2ccc3c(c2)sc2ccccc23)cc1. The Morgan fingerprint density at radius 2 is 1.42 bits per heavy atom. The van der Waals surface area contributed by atoms with Crippen molar-refractivity contribution in [1.29, 1.82) is 0 Å². The first-order chi connectivity index (χ1) is 9.42. The van der Waals surface area contributed by atoms with Crippen molar-refractivity contribution in [2.75, 3.05) is 0 Å². The van der Waals surface area contributed by atoms with Crippen molar-refractivity contribution in [3.8, 4) is 5.69 Å². The number of thiophene rings is 1. The molecule has 0 atom stereocenters. The summed E-state index contributed by atoms with van der Waals surface area (Å²) in [5, 5.41) is 2.69. The minimum absolute atomic E-state index is 1.20. The zero-order chi connectivity index (χ0) is 12.7. The molecular formula is C17H12NS+. The van der Waals surface area contributed by atoms with Gasteiger partial charge in [0.25, 0.3) is 0 Å². The van der Waals surface area contributed by atoms with Crippen LogP contribution in [0.25, 0.3) is 25.9 Å². The third kappa shape index (κ3) is 1.72. The summed E-state index contributed by atoms with van der Waals surface area (Å²) in [4.78, 5) is 0. The second kappa shape index (κ2) is 4.18. The lowest BCUT2D eigenvalue weighted by Gasteiger charge is -1.95. The molecule has 0 saturated heterocycles. The molecule has 4 aromatic rings. The summed E-state index contributed by atoms with van der Waals surface area (Å²) in [5.74, 6) is 0. The van der Waals surface area contributed by atoms with Crippen LogP contribution in [0.5, 0.6) is 0 Å². The fourth-order valence-electron chi connectivity index (χ4n) is 2.44. The molecule has 4 rings (SSSR count). The first kappa shape index (κ1) is 10.7. The Morgan fingerprint density at radius 1 is 0.684 bits per heavy atom. The van der Waals surface area contributed by atoms with E-state index in [1.807, 2.05) is 17.4 Å². The molecule has 2 heterocycles. The van der Waals surface area contributed by atoms with Gasteiger partial charge in [-0.25, -0.2) is 0 Å². The van der Waals surface area contributed by atoms with Crippen LogP contribution < -0.4 is 4.57 Å². The number of hydrogen-bond acceptors (Lipinski definition) is 1. The topological polar surface area (TPSA) is 3.88 Å². The largest absolute Gasteiger partial charge is 0.210 e. The van der Waals surface area contributed by atoms with Gasteiger partial charge in [0.1, 0.15) is 0 Å². The average Bonchev–Trinajstić information content (AvgIpc) is 2.86. The molecule has 2 aromatic carbocycles. The van der Waals surface area contributed by atoms with Gasteiger partial charge in [0.2, 0.25) is 5.69 Å². The van der Waals surface area contributed by atoms with Gasteiger partial charge in [-0.1, -0.05) is 36.4 Å². The summed E-state index contributed by atoms with van der Waals surface area (Å²) in [6, 6.07) is 21.2. The fraction of sp³-hybridized carbons (Fsp3) is 0. The van der Waals surface area contributed by atoms with Gasteiger partial charge in [-0.3, -0.25) is 0 Å².